The van der Waals surface area contributed by atoms with Gasteiger partial charge in [-0.15, -0.1) is 0 Å². The van der Waals surface area contributed by atoms with Crippen LogP contribution in [0.2, 0.25) is 0 Å². The minimum absolute atomic E-state index is 0.102. The van der Waals surface area contributed by atoms with Crippen LogP contribution < -0.4 is 5.32 Å². The minimum atomic E-state index is -4.42. The second-order valence-corrected chi connectivity index (χ2v) is 6.85. The van der Waals surface area contributed by atoms with Crippen LogP contribution >= 0.6 is 0 Å². The molecule has 0 radical (unpaired) electrons. The van der Waals surface area contributed by atoms with Crippen molar-refractivity contribution in [1.82, 2.24) is 4.98 Å². The number of amides is 1. The molecule has 1 aromatic heterocycles. The Kier molecular flexibility index (Phi) is 5.23. The standard InChI is InChI=1S/C24H17F3N2O/c25-24(26,27)19-9-5-7-17(14-19)21-13-12-16-6-4-8-18(23(16)29-21)15-22(30)28-20-10-2-1-3-11-20/h1-14H,15H2,(H,28,30). The maximum absolute atomic E-state index is 13.1. The summed E-state index contributed by atoms with van der Waals surface area (Å²) in [6.45, 7) is 0. The number of fused-ring (bicyclic) bond motifs is 1. The Hall–Kier alpha value is -3.67. The molecule has 4 aromatic rings. The summed E-state index contributed by atoms with van der Waals surface area (Å²) in [6.07, 6.45) is -4.32. The Bertz CT molecular complexity index is 1200. The van der Waals surface area contributed by atoms with Crippen LogP contribution in [0.1, 0.15) is 11.1 Å². The molecule has 0 fully saturated rings. The lowest BCUT2D eigenvalue weighted by atomic mass is 10.0. The molecule has 0 saturated carbocycles. The van der Waals surface area contributed by atoms with Crippen LogP contribution in [0.5, 0.6) is 0 Å². The molecule has 0 saturated heterocycles. The zero-order valence-corrected chi connectivity index (χ0v) is 15.8. The van der Waals surface area contributed by atoms with E-state index in [0.717, 1.165) is 17.5 Å². The number of carbonyl (C=O) groups is 1. The third-order valence-corrected chi connectivity index (χ3v) is 4.70. The number of aromatic nitrogens is 1. The second kappa shape index (κ2) is 7.99. The lowest BCUT2D eigenvalue weighted by Gasteiger charge is -2.11. The molecule has 1 N–H and O–H groups in total. The molecule has 1 amide bonds. The fourth-order valence-corrected chi connectivity index (χ4v) is 3.27. The van der Waals surface area contributed by atoms with Crippen molar-refractivity contribution >= 4 is 22.5 Å². The molecule has 3 nitrogen and oxygen atoms in total. The lowest BCUT2D eigenvalue weighted by molar-refractivity contribution is -0.137. The summed E-state index contributed by atoms with van der Waals surface area (Å²) in [7, 11) is 0. The molecule has 0 spiro atoms. The fraction of sp³-hybridized carbons (Fsp3) is 0.0833. The van der Waals surface area contributed by atoms with Gasteiger partial charge < -0.3 is 5.32 Å². The van der Waals surface area contributed by atoms with E-state index in [0.29, 0.717) is 28.0 Å². The maximum atomic E-state index is 13.1. The van der Waals surface area contributed by atoms with Gasteiger partial charge in [-0.1, -0.05) is 54.6 Å². The highest BCUT2D eigenvalue weighted by atomic mass is 19.4. The Balaban J connectivity index is 1.67. The summed E-state index contributed by atoms with van der Waals surface area (Å²) in [4.78, 5) is 17.1. The topological polar surface area (TPSA) is 42.0 Å². The van der Waals surface area contributed by atoms with E-state index in [1.807, 2.05) is 30.3 Å². The first-order valence-electron chi connectivity index (χ1n) is 9.31. The summed E-state index contributed by atoms with van der Waals surface area (Å²) in [5.74, 6) is -0.194. The highest BCUT2D eigenvalue weighted by Crippen LogP contribution is 2.32. The second-order valence-electron chi connectivity index (χ2n) is 6.85. The van der Waals surface area contributed by atoms with E-state index < -0.39 is 11.7 Å². The van der Waals surface area contributed by atoms with Crippen LogP contribution in [0.15, 0.2) is 84.9 Å². The number of hydrogen-bond acceptors (Lipinski definition) is 2. The number of nitrogens with zero attached hydrogens (tertiary/aromatic N) is 1. The Morgan fingerprint density at radius 3 is 2.40 bits per heavy atom. The van der Waals surface area contributed by atoms with Crippen LogP contribution in [-0.4, -0.2) is 10.9 Å². The summed E-state index contributed by atoms with van der Waals surface area (Å²) in [5, 5.41) is 3.65. The van der Waals surface area contributed by atoms with E-state index in [-0.39, 0.29) is 12.3 Å². The molecule has 0 bridgehead atoms. The maximum Gasteiger partial charge on any atom is 0.416 e. The first-order valence-corrected chi connectivity index (χ1v) is 9.31. The van der Waals surface area contributed by atoms with Gasteiger partial charge in [-0.25, -0.2) is 4.98 Å². The van der Waals surface area contributed by atoms with Crippen molar-refractivity contribution in [3.8, 4) is 11.3 Å². The molecule has 4 rings (SSSR count). The van der Waals surface area contributed by atoms with E-state index in [9.17, 15) is 18.0 Å². The van der Waals surface area contributed by atoms with Gasteiger partial charge in [-0.2, -0.15) is 13.2 Å². The number of hydrogen-bond donors (Lipinski definition) is 1. The molecule has 0 unspecified atom stereocenters. The summed E-state index contributed by atoms with van der Waals surface area (Å²) in [5.41, 5.74) is 2.06. The van der Waals surface area contributed by atoms with Crippen LogP contribution in [0.3, 0.4) is 0 Å². The van der Waals surface area contributed by atoms with E-state index in [1.165, 1.54) is 6.07 Å². The molecular formula is C24H17F3N2O. The van der Waals surface area contributed by atoms with Gasteiger partial charge in [0.2, 0.25) is 5.91 Å². The largest absolute Gasteiger partial charge is 0.416 e. The first-order chi connectivity index (χ1) is 14.4. The summed E-state index contributed by atoms with van der Waals surface area (Å²) >= 11 is 0. The van der Waals surface area contributed by atoms with Gasteiger partial charge in [0, 0.05) is 16.6 Å². The minimum Gasteiger partial charge on any atom is -0.326 e. The Labute approximate surface area is 171 Å². The normalized spacial score (nSPS) is 11.4. The van der Waals surface area contributed by atoms with E-state index in [2.05, 4.69) is 10.3 Å². The van der Waals surface area contributed by atoms with Gasteiger partial charge in [0.25, 0.3) is 0 Å². The van der Waals surface area contributed by atoms with Crippen LogP contribution in [0.4, 0.5) is 18.9 Å². The van der Waals surface area contributed by atoms with Crippen molar-refractivity contribution < 1.29 is 18.0 Å². The molecule has 30 heavy (non-hydrogen) atoms. The van der Waals surface area contributed by atoms with Crippen LogP contribution in [0.25, 0.3) is 22.2 Å². The van der Waals surface area contributed by atoms with Crippen molar-refractivity contribution in [3.63, 3.8) is 0 Å². The first kappa shape index (κ1) is 19.6. The number of anilines is 1. The zero-order chi connectivity index (χ0) is 21.1. The van der Waals surface area contributed by atoms with Crippen molar-refractivity contribution in [3.05, 3.63) is 96.1 Å². The predicted octanol–water partition coefficient (Wildman–Crippen LogP) is 6.10. The van der Waals surface area contributed by atoms with Crippen molar-refractivity contribution in [2.45, 2.75) is 12.6 Å². The number of carbonyl (C=O) groups excluding carboxylic acids is 1. The highest BCUT2D eigenvalue weighted by molar-refractivity contribution is 5.95. The molecular weight excluding hydrogens is 389 g/mol. The Morgan fingerprint density at radius 1 is 0.867 bits per heavy atom. The molecule has 6 heteroatoms. The summed E-state index contributed by atoms with van der Waals surface area (Å²) < 4.78 is 39.2. The number of rotatable bonds is 4. The molecule has 0 aliphatic heterocycles. The molecule has 1 heterocycles. The number of para-hydroxylation sites is 2. The van der Waals surface area contributed by atoms with Gasteiger partial charge in [0.05, 0.1) is 23.2 Å². The van der Waals surface area contributed by atoms with Crippen molar-refractivity contribution in [1.29, 1.82) is 0 Å². The smallest absolute Gasteiger partial charge is 0.326 e. The van der Waals surface area contributed by atoms with Gasteiger partial charge in [0.15, 0.2) is 0 Å². The average Bonchev–Trinajstić information content (AvgIpc) is 2.74. The van der Waals surface area contributed by atoms with Gasteiger partial charge in [0.1, 0.15) is 0 Å². The van der Waals surface area contributed by atoms with Gasteiger partial charge in [-0.3, -0.25) is 4.79 Å². The number of nitrogens with one attached hydrogen (secondary N) is 1. The predicted molar refractivity (Wildman–Crippen MR) is 111 cm³/mol. The third-order valence-electron chi connectivity index (χ3n) is 4.70. The van der Waals surface area contributed by atoms with Gasteiger partial charge in [-0.05, 0) is 35.9 Å². The van der Waals surface area contributed by atoms with E-state index in [1.54, 1.807) is 36.4 Å². The average molecular weight is 406 g/mol. The quantitative estimate of drug-likeness (QED) is 0.445. The molecule has 0 atom stereocenters. The summed E-state index contributed by atoms with van der Waals surface area (Å²) in [6, 6.07) is 23.2. The van der Waals surface area contributed by atoms with E-state index in [4.69, 9.17) is 0 Å². The van der Waals surface area contributed by atoms with E-state index >= 15 is 0 Å². The number of alkyl halides is 3. The van der Waals surface area contributed by atoms with Crippen LogP contribution in [-0.2, 0) is 17.4 Å². The van der Waals surface area contributed by atoms with Crippen LogP contribution in [0, 0.1) is 0 Å². The zero-order valence-electron chi connectivity index (χ0n) is 15.8. The number of pyridine rings is 1. The SMILES string of the molecule is O=C(Cc1cccc2ccc(-c3cccc(C(F)(F)F)c3)nc12)Nc1ccccc1. The molecule has 0 aliphatic carbocycles. The number of benzene rings is 3. The molecule has 150 valence electrons. The molecule has 3 aromatic carbocycles. The van der Waals surface area contributed by atoms with Gasteiger partial charge >= 0.3 is 6.18 Å². The van der Waals surface area contributed by atoms with Crippen molar-refractivity contribution in [2.24, 2.45) is 0 Å². The Morgan fingerprint density at radius 2 is 1.63 bits per heavy atom. The number of halogens is 3. The van der Waals surface area contributed by atoms with Crippen molar-refractivity contribution in [2.75, 3.05) is 5.32 Å². The lowest BCUT2D eigenvalue weighted by Crippen LogP contribution is -2.14. The monoisotopic (exact) mass is 406 g/mol. The highest BCUT2D eigenvalue weighted by Gasteiger charge is 2.30. The third kappa shape index (κ3) is 4.33. The molecule has 0 aliphatic rings. The fourth-order valence-electron chi connectivity index (χ4n) is 3.27.